The van der Waals surface area contributed by atoms with E-state index in [4.69, 9.17) is 0 Å². The van der Waals surface area contributed by atoms with E-state index in [1.165, 1.54) is 0 Å². The lowest BCUT2D eigenvalue weighted by Crippen LogP contribution is -2.12. The van der Waals surface area contributed by atoms with Gasteiger partial charge in [-0.1, -0.05) is 6.92 Å². The molecule has 0 aliphatic rings. The molecule has 0 atom stereocenters. The fourth-order valence-corrected chi connectivity index (χ4v) is 3.11. The minimum absolute atomic E-state index is 0.872. The molecular formula is C20H5F13. The van der Waals surface area contributed by atoms with Gasteiger partial charge in [-0.15, -0.1) is 0 Å². The molecule has 0 spiro atoms. The Morgan fingerprint density at radius 3 is 0.758 bits per heavy atom. The molecule has 0 saturated heterocycles. The van der Waals surface area contributed by atoms with Crippen LogP contribution in [0.25, 0.3) is 22.3 Å². The Labute approximate surface area is 174 Å². The largest absolute Gasteiger partial charge is 0.206 e. The average Bonchev–Trinajstić information content (AvgIpc) is 2.78. The maximum atomic E-state index is 15.1. The third-order valence-electron chi connectivity index (χ3n) is 4.68. The summed E-state index contributed by atoms with van der Waals surface area (Å²) in [6.45, 7) is 0.921. The second-order valence-corrected chi connectivity index (χ2v) is 6.41. The molecule has 3 aromatic rings. The predicted molar refractivity (Wildman–Crippen MR) is 86.1 cm³/mol. The van der Waals surface area contributed by atoms with Crippen molar-refractivity contribution in [3.63, 3.8) is 0 Å². The van der Waals surface area contributed by atoms with Crippen LogP contribution < -0.4 is 0 Å². The van der Waals surface area contributed by atoms with E-state index in [0.717, 1.165) is 6.92 Å². The number of halogens is 13. The zero-order valence-electron chi connectivity index (χ0n) is 15.6. The van der Waals surface area contributed by atoms with Crippen LogP contribution in [0.1, 0.15) is 12.5 Å². The van der Waals surface area contributed by atoms with Crippen molar-refractivity contribution in [1.82, 2.24) is 0 Å². The van der Waals surface area contributed by atoms with Crippen molar-refractivity contribution < 1.29 is 57.1 Å². The maximum absolute atomic E-state index is 15.1. The summed E-state index contributed by atoms with van der Waals surface area (Å²) >= 11 is 0. The Morgan fingerprint density at radius 2 is 0.515 bits per heavy atom. The van der Waals surface area contributed by atoms with Crippen LogP contribution in [0, 0.1) is 75.6 Å². The molecule has 0 fully saturated rings. The Kier molecular flexibility index (Phi) is 6.11. The van der Waals surface area contributed by atoms with E-state index in [9.17, 15) is 52.7 Å². The second kappa shape index (κ2) is 8.27. The van der Waals surface area contributed by atoms with E-state index in [-0.39, 0.29) is 0 Å². The Balaban J connectivity index is 2.62. The van der Waals surface area contributed by atoms with Gasteiger partial charge in [0.1, 0.15) is 17.5 Å². The first-order chi connectivity index (χ1) is 15.3. The number of hydrogen-bond acceptors (Lipinski definition) is 0. The molecule has 0 unspecified atom stereocenters. The fraction of sp³-hybridized carbons (Fsp3) is 0.100. The number of benzene rings is 3. The van der Waals surface area contributed by atoms with Crippen molar-refractivity contribution in [2.75, 3.05) is 0 Å². The second-order valence-electron chi connectivity index (χ2n) is 6.41. The summed E-state index contributed by atoms with van der Waals surface area (Å²) < 4.78 is 182. The van der Waals surface area contributed by atoms with Gasteiger partial charge in [0.05, 0.1) is 22.3 Å². The molecule has 13 heteroatoms. The van der Waals surface area contributed by atoms with Gasteiger partial charge in [-0.2, -0.15) is 0 Å². The zero-order valence-corrected chi connectivity index (χ0v) is 15.6. The summed E-state index contributed by atoms with van der Waals surface area (Å²) in [4.78, 5) is 0. The molecule has 0 amide bonds. The molecular weight excluding hydrogens is 487 g/mol. The molecule has 3 aromatic carbocycles. The summed E-state index contributed by atoms with van der Waals surface area (Å²) in [7, 11) is 0. The van der Waals surface area contributed by atoms with Crippen LogP contribution in [-0.2, 0) is 6.42 Å². The molecule has 0 radical (unpaired) electrons. The van der Waals surface area contributed by atoms with Gasteiger partial charge < -0.3 is 0 Å². The first kappa shape index (κ1) is 24.4. The van der Waals surface area contributed by atoms with E-state index in [0.29, 0.717) is 0 Å². The summed E-state index contributed by atoms with van der Waals surface area (Å²) in [6, 6.07) is 0. The van der Waals surface area contributed by atoms with E-state index in [2.05, 4.69) is 0 Å². The van der Waals surface area contributed by atoms with Crippen LogP contribution in [-0.4, -0.2) is 0 Å². The number of hydrogen-bond donors (Lipinski definition) is 0. The van der Waals surface area contributed by atoms with Crippen molar-refractivity contribution in [1.29, 1.82) is 0 Å². The molecule has 0 saturated carbocycles. The highest BCUT2D eigenvalue weighted by Crippen LogP contribution is 2.43. The smallest absolute Gasteiger partial charge is 0.200 e. The van der Waals surface area contributed by atoms with Gasteiger partial charge in [-0.05, 0) is 6.42 Å². The maximum Gasteiger partial charge on any atom is 0.200 e. The predicted octanol–water partition coefficient (Wildman–Crippen LogP) is 7.39. The van der Waals surface area contributed by atoms with E-state index in [1.54, 1.807) is 0 Å². The molecule has 0 heterocycles. The first-order valence-electron chi connectivity index (χ1n) is 8.52. The standard InChI is InChI=1S/C20H5F13/c1-2-3-8(21)4(6-11(24)15(28)19(32)16(29)12(6)25)10(23)5(9(3)22)7-13(26)17(30)20(33)18(31)14(7)27/h2H2,1H3. The normalized spacial score (nSPS) is 11.5. The monoisotopic (exact) mass is 492 g/mol. The minimum Gasteiger partial charge on any atom is -0.206 e. The molecule has 0 nitrogen and oxygen atoms in total. The zero-order chi connectivity index (χ0) is 25.1. The molecule has 0 aliphatic carbocycles. The van der Waals surface area contributed by atoms with Crippen molar-refractivity contribution in [3.8, 4) is 22.3 Å². The van der Waals surface area contributed by atoms with Crippen molar-refractivity contribution in [2.45, 2.75) is 13.3 Å². The summed E-state index contributed by atoms with van der Waals surface area (Å²) in [5, 5.41) is 0. The van der Waals surface area contributed by atoms with Gasteiger partial charge >= 0.3 is 0 Å². The lowest BCUT2D eigenvalue weighted by Gasteiger charge is -2.18. The van der Waals surface area contributed by atoms with Gasteiger partial charge in [0, 0.05) is 5.56 Å². The van der Waals surface area contributed by atoms with Gasteiger partial charge in [0.25, 0.3) is 0 Å². The molecule has 176 valence electrons. The summed E-state index contributed by atoms with van der Waals surface area (Å²) in [6.07, 6.45) is -0.872. The lowest BCUT2D eigenvalue weighted by molar-refractivity contribution is 0.379. The van der Waals surface area contributed by atoms with Crippen LogP contribution in [0.3, 0.4) is 0 Å². The van der Waals surface area contributed by atoms with Crippen LogP contribution in [0.5, 0.6) is 0 Å². The molecule has 0 N–H and O–H groups in total. The topological polar surface area (TPSA) is 0 Å². The molecule has 3 rings (SSSR count). The highest BCUT2D eigenvalue weighted by molar-refractivity contribution is 5.78. The summed E-state index contributed by atoms with van der Waals surface area (Å²) in [5.41, 5.74) is -10.4. The van der Waals surface area contributed by atoms with Crippen LogP contribution >= 0.6 is 0 Å². The van der Waals surface area contributed by atoms with E-state index >= 15 is 4.39 Å². The van der Waals surface area contributed by atoms with E-state index in [1.807, 2.05) is 0 Å². The van der Waals surface area contributed by atoms with E-state index < -0.39 is 110 Å². The Hall–Kier alpha value is -3.25. The van der Waals surface area contributed by atoms with Crippen LogP contribution in [0.15, 0.2) is 0 Å². The highest BCUT2D eigenvalue weighted by Gasteiger charge is 2.37. The van der Waals surface area contributed by atoms with Crippen LogP contribution in [0.4, 0.5) is 57.1 Å². The van der Waals surface area contributed by atoms with Crippen LogP contribution in [0.2, 0.25) is 0 Å². The molecule has 0 bridgehead atoms. The van der Waals surface area contributed by atoms with Gasteiger partial charge in [0.2, 0.25) is 11.6 Å². The van der Waals surface area contributed by atoms with Gasteiger partial charge in [0.15, 0.2) is 46.5 Å². The SMILES string of the molecule is CCc1c(F)c(-c2c(F)c(F)c(F)c(F)c2F)c(F)c(-c2c(F)c(F)c(F)c(F)c2F)c1F. The molecule has 33 heavy (non-hydrogen) atoms. The Bertz CT molecular complexity index is 1170. The van der Waals surface area contributed by atoms with Crippen molar-refractivity contribution >= 4 is 0 Å². The lowest BCUT2D eigenvalue weighted by atomic mass is 9.91. The third kappa shape index (κ3) is 3.32. The summed E-state index contributed by atoms with van der Waals surface area (Å²) in [5.74, 6) is -34.5. The van der Waals surface area contributed by atoms with Gasteiger partial charge in [-0.3, -0.25) is 0 Å². The fourth-order valence-electron chi connectivity index (χ4n) is 3.11. The van der Waals surface area contributed by atoms with Crippen molar-refractivity contribution in [2.24, 2.45) is 0 Å². The Morgan fingerprint density at radius 1 is 0.303 bits per heavy atom. The van der Waals surface area contributed by atoms with Crippen molar-refractivity contribution in [3.05, 3.63) is 81.2 Å². The highest BCUT2D eigenvalue weighted by atomic mass is 19.2. The minimum atomic E-state index is -2.76. The molecule has 0 aliphatic heterocycles. The average molecular weight is 492 g/mol. The third-order valence-corrected chi connectivity index (χ3v) is 4.68. The quantitative estimate of drug-likeness (QED) is 0.203. The number of rotatable bonds is 3. The first-order valence-corrected chi connectivity index (χ1v) is 8.52. The molecule has 0 aromatic heterocycles. The van der Waals surface area contributed by atoms with Gasteiger partial charge in [-0.25, -0.2) is 57.1 Å².